The van der Waals surface area contributed by atoms with Gasteiger partial charge in [-0.2, -0.15) is 0 Å². The van der Waals surface area contributed by atoms with Gasteiger partial charge in [-0.25, -0.2) is 0 Å². The van der Waals surface area contributed by atoms with E-state index < -0.39 is 6.10 Å². The van der Waals surface area contributed by atoms with Crippen LogP contribution in [-0.4, -0.2) is 37.0 Å². The summed E-state index contributed by atoms with van der Waals surface area (Å²) >= 11 is 0. The smallest absolute Gasteiger partial charge is 0.118 e. The van der Waals surface area contributed by atoms with Crippen molar-refractivity contribution in [2.75, 3.05) is 20.3 Å². The second-order valence-electron chi connectivity index (χ2n) is 6.61. The third-order valence-corrected chi connectivity index (χ3v) is 5.18. The number of ether oxygens (including phenoxy) is 2. The van der Waals surface area contributed by atoms with Crippen LogP contribution in [0.5, 0.6) is 5.75 Å². The number of nitrogens with one attached hydrogen (secondary N) is 1. The van der Waals surface area contributed by atoms with Crippen molar-refractivity contribution in [1.82, 2.24) is 5.32 Å². The molecule has 1 saturated heterocycles. The van der Waals surface area contributed by atoms with Gasteiger partial charge in [0.15, 0.2) is 0 Å². The summed E-state index contributed by atoms with van der Waals surface area (Å²) in [6.45, 7) is 1.54. The van der Waals surface area contributed by atoms with Crippen LogP contribution in [-0.2, 0) is 4.74 Å². The molecule has 4 heteroatoms. The molecule has 1 aliphatic carbocycles. The Bertz CT molecular complexity index is 458. The SMILES string of the molecule is COc1ccc(C(O)CNC2CCC3(CCCO3)CC2)cc1. The van der Waals surface area contributed by atoms with Gasteiger partial charge in [0.05, 0.1) is 18.8 Å². The molecule has 1 unspecified atom stereocenters. The molecule has 1 atom stereocenters. The molecule has 1 spiro atoms. The molecule has 0 bridgehead atoms. The van der Waals surface area contributed by atoms with Crippen LogP contribution >= 0.6 is 0 Å². The first-order valence-corrected chi connectivity index (χ1v) is 8.40. The van der Waals surface area contributed by atoms with E-state index >= 15 is 0 Å². The van der Waals surface area contributed by atoms with Crippen molar-refractivity contribution in [2.24, 2.45) is 0 Å². The summed E-state index contributed by atoms with van der Waals surface area (Å²) in [5, 5.41) is 13.8. The van der Waals surface area contributed by atoms with Gasteiger partial charge in [-0.3, -0.25) is 0 Å². The summed E-state index contributed by atoms with van der Waals surface area (Å²) in [6.07, 6.45) is 6.59. The summed E-state index contributed by atoms with van der Waals surface area (Å²) in [5.41, 5.74) is 1.12. The van der Waals surface area contributed by atoms with Gasteiger partial charge in [0, 0.05) is 19.2 Å². The van der Waals surface area contributed by atoms with E-state index in [1.807, 2.05) is 24.3 Å². The summed E-state index contributed by atoms with van der Waals surface area (Å²) in [7, 11) is 1.65. The quantitative estimate of drug-likeness (QED) is 0.878. The molecule has 1 aliphatic heterocycles. The van der Waals surface area contributed by atoms with Crippen molar-refractivity contribution >= 4 is 0 Å². The van der Waals surface area contributed by atoms with Gasteiger partial charge in [0.1, 0.15) is 5.75 Å². The highest BCUT2D eigenvalue weighted by molar-refractivity contribution is 5.28. The Morgan fingerprint density at radius 1 is 1.27 bits per heavy atom. The molecule has 1 aromatic carbocycles. The van der Waals surface area contributed by atoms with Crippen LogP contribution in [0.1, 0.15) is 50.2 Å². The topological polar surface area (TPSA) is 50.7 Å². The Hall–Kier alpha value is -1.10. The largest absolute Gasteiger partial charge is 0.497 e. The Morgan fingerprint density at radius 2 is 2.00 bits per heavy atom. The lowest BCUT2D eigenvalue weighted by atomic mass is 9.80. The van der Waals surface area contributed by atoms with Crippen molar-refractivity contribution < 1.29 is 14.6 Å². The molecule has 0 aromatic heterocycles. The molecule has 1 aromatic rings. The minimum absolute atomic E-state index is 0.187. The Labute approximate surface area is 132 Å². The maximum atomic E-state index is 10.3. The van der Waals surface area contributed by atoms with Gasteiger partial charge >= 0.3 is 0 Å². The standard InChI is InChI=1S/C18H27NO3/c1-21-16-5-3-14(4-6-16)17(20)13-19-15-7-10-18(11-8-15)9-2-12-22-18/h3-6,15,17,19-20H,2,7-13H2,1H3. The number of hydrogen-bond acceptors (Lipinski definition) is 4. The third-order valence-electron chi connectivity index (χ3n) is 5.18. The molecule has 1 heterocycles. The molecule has 2 N–H and O–H groups in total. The first-order valence-electron chi connectivity index (χ1n) is 8.40. The van der Waals surface area contributed by atoms with Crippen molar-refractivity contribution in [3.05, 3.63) is 29.8 Å². The van der Waals surface area contributed by atoms with Crippen LogP contribution in [0.4, 0.5) is 0 Å². The van der Waals surface area contributed by atoms with Crippen molar-refractivity contribution in [3.8, 4) is 5.75 Å². The van der Waals surface area contributed by atoms with Crippen LogP contribution in [0.15, 0.2) is 24.3 Å². The van der Waals surface area contributed by atoms with Gasteiger partial charge in [-0.15, -0.1) is 0 Å². The highest BCUT2D eigenvalue weighted by atomic mass is 16.5. The molecule has 0 amide bonds. The van der Waals surface area contributed by atoms with E-state index in [0.29, 0.717) is 12.6 Å². The lowest BCUT2D eigenvalue weighted by Crippen LogP contribution is -2.42. The van der Waals surface area contributed by atoms with E-state index in [0.717, 1.165) is 43.6 Å². The minimum Gasteiger partial charge on any atom is -0.497 e. The van der Waals surface area contributed by atoms with Gasteiger partial charge in [-0.1, -0.05) is 12.1 Å². The number of methoxy groups -OCH3 is 1. The first kappa shape index (κ1) is 15.8. The van der Waals surface area contributed by atoms with Crippen molar-refractivity contribution in [3.63, 3.8) is 0 Å². The Balaban J connectivity index is 1.44. The van der Waals surface area contributed by atoms with Crippen LogP contribution in [0.3, 0.4) is 0 Å². The molecular weight excluding hydrogens is 278 g/mol. The van der Waals surface area contributed by atoms with Crippen molar-refractivity contribution in [1.29, 1.82) is 0 Å². The normalized spacial score (nSPS) is 29.6. The maximum Gasteiger partial charge on any atom is 0.118 e. The average molecular weight is 305 g/mol. The molecular formula is C18H27NO3. The molecule has 2 aliphatic rings. The fraction of sp³-hybridized carbons (Fsp3) is 0.667. The molecule has 122 valence electrons. The highest BCUT2D eigenvalue weighted by Gasteiger charge is 2.38. The fourth-order valence-electron chi connectivity index (χ4n) is 3.72. The monoisotopic (exact) mass is 305 g/mol. The molecule has 22 heavy (non-hydrogen) atoms. The van der Waals surface area contributed by atoms with Crippen LogP contribution in [0.25, 0.3) is 0 Å². The molecule has 2 fully saturated rings. The molecule has 4 nitrogen and oxygen atoms in total. The van der Waals surface area contributed by atoms with E-state index in [1.165, 1.54) is 12.8 Å². The summed E-state index contributed by atoms with van der Waals surface area (Å²) in [6, 6.07) is 8.13. The lowest BCUT2D eigenvalue weighted by Gasteiger charge is -2.37. The zero-order chi connectivity index (χ0) is 15.4. The first-order chi connectivity index (χ1) is 10.7. The van der Waals surface area contributed by atoms with Crippen LogP contribution in [0.2, 0.25) is 0 Å². The van der Waals surface area contributed by atoms with E-state index in [4.69, 9.17) is 9.47 Å². The zero-order valence-corrected chi connectivity index (χ0v) is 13.4. The number of hydrogen-bond donors (Lipinski definition) is 2. The van der Waals surface area contributed by atoms with Gasteiger partial charge in [-0.05, 0) is 56.2 Å². The van der Waals surface area contributed by atoms with E-state index in [-0.39, 0.29) is 5.60 Å². The van der Waals surface area contributed by atoms with Crippen LogP contribution < -0.4 is 10.1 Å². The third kappa shape index (κ3) is 3.62. The number of aliphatic hydroxyl groups excluding tert-OH is 1. The van der Waals surface area contributed by atoms with Gasteiger partial charge in [0.25, 0.3) is 0 Å². The second-order valence-corrected chi connectivity index (χ2v) is 6.61. The van der Waals surface area contributed by atoms with E-state index in [1.54, 1.807) is 7.11 Å². The fourth-order valence-corrected chi connectivity index (χ4v) is 3.72. The number of benzene rings is 1. The zero-order valence-electron chi connectivity index (χ0n) is 13.4. The van der Waals surface area contributed by atoms with E-state index in [9.17, 15) is 5.11 Å². The summed E-state index contributed by atoms with van der Waals surface area (Å²) in [4.78, 5) is 0. The second kappa shape index (κ2) is 6.99. The van der Waals surface area contributed by atoms with Crippen molar-refractivity contribution in [2.45, 2.75) is 56.3 Å². The average Bonchev–Trinajstić information content (AvgIpc) is 3.02. The number of aliphatic hydroxyl groups is 1. The highest BCUT2D eigenvalue weighted by Crippen LogP contribution is 2.39. The maximum absolute atomic E-state index is 10.3. The minimum atomic E-state index is -0.468. The molecule has 3 rings (SSSR count). The Morgan fingerprint density at radius 3 is 2.59 bits per heavy atom. The number of rotatable bonds is 5. The molecule has 0 radical (unpaired) electrons. The summed E-state index contributed by atoms with van der Waals surface area (Å²) in [5.74, 6) is 0.818. The summed E-state index contributed by atoms with van der Waals surface area (Å²) < 4.78 is 11.1. The van der Waals surface area contributed by atoms with Gasteiger partial charge < -0.3 is 19.9 Å². The van der Waals surface area contributed by atoms with Crippen LogP contribution in [0, 0.1) is 0 Å². The predicted molar refractivity (Wildman–Crippen MR) is 86.1 cm³/mol. The Kier molecular flexibility index (Phi) is 5.01. The predicted octanol–water partition coefficient (Wildman–Crippen LogP) is 2.81. The molecule has 1 saturated carbocycles. The van der Waals surface area contributed by atoms with E-state index in [2.05, 4.69) is 5.32 Å². The van der Waals surface area contributed by atoms with Gasteiger partial charge in [0.2, 0.25) is 0 Å². The lowest BCUT2D eigenvalue weighted by molar-refractivity contribution is -0.0307.